The predicted molar refractivity (Wildman–Crippen MR) is 85.3 cm³/mol. The van der Waals surface area contributed by atoms with E-state index in [0.29, 0.717) is 11.7 Å². The van der Waals surface area contributed by atoms with E-state index in [1.54, 1.807) is 6.08 Å². The summed E-state index contributed by atoms with van der Waals surface area (Å²) in [5.74, 6) is 1.10. The van der Waals surface area contributed by atoms with Gasteiger partial charge in [0, 0.05) is 17.2 Å². The lowest BCUT2D eigenvalue weighted by molar-refractivity contribution is -0.434. The number of rotatable bonds is 3. The molecule has 0 saturated heterocycles. The van der Waals surface area contributed by atoms with Gasteiger partial charge in [0.15, 0.2) is 0 Å². The van der Waals surface area contributed by atoms with Gasteiger partial charge in [-0.25, -0.2) is 0 Å². The summed E-state index contributed by atoms with van der Waals surface area (Å²) in [7, 11) is 0. The zero-order valence-electron chi connectivity index (χ0n) is 12.5. The lowest BCUT2D eigenvalue weighted by Crippen LogP contribution is -2.19. The molecule has 112 valence electrons. The Kier molecular flexibility index (Phi) is 3.67. The van der Waals surface area contributed by atoms with E-state index in [1.807, 2.05) is 48.5 Å². The lowest BCUT2D eigenvalue weighted by atomic mass is 9.97. The van der Waals surface area contributed by atoms with Gasteiger partial charge < -0.3 is 4.74 Å². The molecular weight excluding hydrogens is 278 g/mol. The van der Waals surface area contributed by atoms with Crippen molar-refractivity contribution in [2.75, 3.05) is 0 Å². The van der Waals surface area contributed by atoms with Crippen molar-refractivity contribution >= 4 is 6.08 Å². The highest BCUT2D eigenvalue weighted by Gasteiger charge is 2.32. The van der Waals surface area contributed by atoms with Crippen LogP contribution < -0.4 is 4.74 Å². The molecule has 1 atom stereocenters. The van der Waals surface area contributed by atoms with Crippen molar-refractivity contribution in [3.63, 3.8) is 0 Å². The molecule has 0 aromatic heterocycles. The second-order valence-corrected chi connectivity index (χ2v) is 5.68. The van der Waals surface area contributed by atoms with E-state index in [9.17, 15) is 10.1 Å². The molecule has 0 bridgehead atoms. The fraction of sp³-hybridized carbons (Fsp3) is 0.222. The highest BCUT2D eigenvalue weighted by Crippen LogP contribution is 2.37. The van der Waals surface area contributed by atoms with Gasteiger partial charge in [0.1, 0.15) is 5.75 Å². The molecular formula is C18H17NO3. The Morgan fingerprint density at radius 3 is 2.41 bits per heavy atom. The number of para-hydroxylation sites is 1. The molecule has 1 aliphatic rings. The number of hydrogen-bond acceptors (Lipinski definition) is 3. The van der Waals surface area contributed by atoms with Crippen LogP contribution in [0.5, 0.6) is 5.75 Å². The van der Waals surface area contributed by atoms with Crippen molar-refractivity contribution in [1.29, 1.82) is 0 Å². The van der Waals surface area contributed by atoms with Crippen molar-refractivity contribution in [3.8, 4) is 5.75 Å². The average molecular weight is 295 g/mol. The molecule has 0 fully saturated rings. The fourth-order valence-corrected chi connectivity index (χ4v) is 2.57. The Balaban J connectivity index is 2.01. The second-order valence-electron chi connectivity index (χ2n) is 5.68. The van der Waals surface area contributed by atoms with Gasteiger partial charge in [-0.3, -0.25) is 10.1 Å². The van der Waals surface area contributed by atoms with E-state index in [4.69, 9.17) is 4.74 Å². The standard InChI is InChI=1S/C18H17NO3/c1-12(2)13-7-9-14(10-8-13)18-16(19(20)21)11-15-5-3-4-6-17(15)22-18/h3-12,18H,1-2H3/t18-/m0/s1. The van der Waals surface area contributed by atoms with Crippen molar-refractivity contribution in [3.05, 3.63) is 81.0 Å². The van der Waals surface area contributed by atoms with Gasteiger partial charge in [-0.1, -0.05) is 56.3 Å². The van der Waals surface area contributed by atoms with Gasteiger partial charge in [-0.15, -0.1) is 0 Å². The highest BCUT2D eigenvalue weighted by atomic mass is 16.6. The molecule has 0 radical (unpaired) electrons. The average Bonchev–Trinajstić information content (AvgIpc) is 2.53. The Morgan fingerprint density at radius 2 is 1.77 bits per heavy atom. The molecule has 0 unspecified atom stereocenters. The number of nitro groups is 1. The van der Waals surface area contributed by atoms with Crippen LogP contribution in [-0.4, -0.2) is 4.92 Å². The summed E-state index contributed by atoms with van der Waals surface area (Å²) in [6, 6.07) is 15.2. The van der Waals surface area contributed by atoms with Crippen LogP contribution in [0.15, 0.2) is 54.2 Å². The molecule has 0 amide bonds. The summed E-state index contributed by atoms with van der Waals surface area (Å²) in [6.45, 7) is 4.23. The SMILES string of the molecule is CC(C)c1ccc([C@@H]2Oc3ccccc3C=C2[N+](=O)[O-])cc1. The summed E-state index contributed by atoms with van der Waals surface area (Å²) in [6.07, 6.45) is 0.922. The van der Waals surface area contributed by atoms with Crippen LogP contribution in [0, 0.1) is 10.1 Å². The number of hydrogen-bond donors (Lipinski definition) is 0. The molecule has 1 aliphatic heterocycles. The van der Waals surface area contributed by atoms with Crippen LogP contribution in [0.25, 0.3) is 6.08 Å². The third-order valence-corrected chi connectivity index (χ3v) is 3.85. The van der Waals surface area contributed by atoms with E-state index in [0.717, 1.165) is 11.1 Å². The third-order valence-electron chi connectivity index (χ3n) is 3.85. The maximum absolute atomic E-state index is 11.4. The number of fused-ring (bicyclic) bond motifs is 1. The molecule has 0 N–H and O–H groups in total. The summed E-state index contributed by atoms with van der Waals surface area (Å²) < 4.78 is 5.88. The quantitative estimate of drug-likeness (QED) is 0.616. The van der Waals surface area contributed by atoms with Gasteiger partial charge in [-0.05, 0) is 17.5 Å². The lowest BCUT2D eigenvalue weighted by Gasteiger charge is -2.22. The van der Waals surface area contributed by atoms with Crippen LogP contribution in [0.3, 0.4) is 0 Å². The Morgan fingerprint density at radius 1 is 1.09 bits per heavy atom. The topological polar surface area (TPSA) is 52.4 Å². The first-order chi connectivity index (χ1) is 10.6. The first-order valence-corrected chi connectivity index (χ1v) is 7.28. The van der Waals surface area contributed by atoms with E-state index in [1.165, 1.54) is 5.56 Å². The molecule has 4 heteroatoms. The Labute approximate surface area is 129 Å². The van der Waals surface area contributed by atoms with Crippen molar-refractivity contribution in [2.45, 2.75) is 25.9 Å². The molecule has 0 saturated carbocycles. The molecule has 3 rings (SSSR count). The Bertz CT molecular complexity index is 732. The molecule has 0 aliphatic carbocycles. The smallest absolute Gasteiger partial charge is 0.291 e. The predicted octanol–water partition coefficient (Wildman–Crippen LogP) is 4.56. The first-order valence-electron chi connectivity index (χ1n) is 7.28. The van der Waals surface area contributed by atoms with Crippen LogP contribution >= 0.6 is 0 Å². The molecule has 0 spiro atoms. The normalized spacial score (nSPS) is 16.7. The summed E-state index contributed by atoms with van der Waals surface area (Å²) in [5, 5.41) is 11.4. The number of benzene rings is 2. The van der Waals surface area contributed by atoms with E-state index in [-0.39, 0.29) is 10.6 Å². The fourth-order valence-electron chi connectivity index (χ4n) is 2.57. The van der Waals surface area contributed by atoms with E-state index < -0.39 is 6.10 Å². The monoisotopic (exact) mass is 295 g/mol. The molecule has 2 aromatic rings. The largest absolute Gasteiger partial charge is 0.474 e. The van der Waals surface area contributed by atoms with Crippen molar-refractivity contribution < 1.29 is 9.66 Å². The van der Waals surface area contributed by atoms with Gasteiger partial charge in [0.25, 0.3) is 5.70 Å². The molecule has 4 nitrogen and oxygen atoms in total. The molecule has 22 heavy (non-hydrogen) atoms. The minimum atomic E-state index is -0.675. The van der Waals surface area contributed by atoms with Crippen molar-refractivity contribution in [1.82, 2.24) is 0 Å². The van der Waals surface area contributed by atoms with Crippen molar-refractivity contribution in [2.24, 2.45) is 0 Å². The minimum absolute atomic E-state index is 0.0657. The van der Waals surface area contributed by atoms with Crippen LogP contribution in [-0.2, 0) is 0 Å². The minimum Gasteiger partial charge on any atom is -0.474 e. The van der Waals surface area contributed by atoms with E-state index in [2.05, 4.69) is 13.8 Å². The van der Waals surface area contributed by atoms with Crippen LogP contribution in [0.4, 0.5) is 0 Å². The second kappa shape index (κ2) is 5.64. The van der Waals surface area contributed by atoms with Crippen LogP contribution in [0.2, 0.25) is 0 Å². The summed E-state index contributed by atoms with van der Waals surface area (Å²) in [4.78, 5) is 11.0. The molecule has 2 aromatic carbocycles. The maximum atomic E-state index is 11.4. The van der Waals surface area contributed by atoms with Crippen LogP contribution in [0.1, 0.15) is 42.6 Å². The molecule has 1 heterocycles. The van der Waals surface area contributed by atoms with Gasteiger partial charge in [0.2, 0.25) is 6.10 Å². The number of nitrogens with zero attached hydrogens (tertiary/aromatic N) is 1. The van der Waals surface area contributed by atoms with Gasteiger partial charge in [-0.2, -0.15) is 0 Å². The zero-order valence-corrected chi connectivity index (χ0v) is 12.5. The zero-order chi connectivity index (χ0) is 15.7. The summed E-state index contributed by atoms with van der Waals surface area (Å²) in [5.41, 5.74) is 2.80. The number of ether oxygens (including phenoxy) is 1. The first kappa shape index (κ1) is 14.3. The third kappa shape index (κ3) is 2.60. The maximum Gasteiger partial charge on any atom is 0.291 e. The van der Waals surface area contributed by atoms with Gasteiger partial charge in [0.05, 0.1) is 4.92 Å². The summed E-state index contributed by atoms with van der Waals surface area (Å²) >= 11 is 0. The van der Waals surface area contributed by atoms with E-state index >= 15 is 0 Å². The highest BCUT2D eigenvalue weighted by molar-refractivity contribution is 5.62. The Hall–Kier alpha value is -2.62. The van der Waals surface area contributed by atoms with Gasteiger partial charge >= 0.3 is 0 Å².